The van der Waals surface area contributed by atoms with Gasteiger partial charge in [-0.2, -0.15) is 0 Å². The van der Waals surface area contributed by atoms with Crippen LogP contribution >= 0.6 is 11.3 Å². The van der Waals surface area contributed by atoms with Gasteiger partial charge in [0.05, 0.1) is 4.88 Å². The van der Waals surface area contributed by atoms with Gasteiger partial charge in [-0.15, -0.1) is 11.3 Å². The van der Waals surface area contributed by atoms with Crippen molar-refractivity contribution in [1.29, 1.82) is 0 Å². The number of hydrogen-bond donors (Lipinski definition) is 0. The third-order valence-electron chi connectivity index (χ3n) is 1.45. The van der Waals surface area contributed by atoms with E-state index in [0.717, 1.165) is 18.4 Å². The summed E-state index contributed by atoms with van der Waals surface area (Å²) in [6.07, 6.45) is 2.89. The first-order chi connectivity index (χ1) is 7.15. The third-order valence-corrected chi connectivity index (χ3v) is 2.29. The van der Waals surface area contributed by atoms with E-state index in [9.17, 15) is 9.18 Å². The maximum atomic E-state index is 12.7. The lowest BCUT2D eigenvalue weighted by molar-refractivity contribution is 0.112. The highest BCUT2D eigenvalue weighted by molar-refractivity contribution is 7.11. The summed E-state index contributed by atoms with van der Waals surface area (Å²) in [6, 6.07) is 1.56. The molecule has 0 N–H and O–H groups in total. The molecule has 0 bridgehead atoms. The second kappa shape index (κ2) is 5.26. The number of allylic oxidation sites excluding steroid dienone is 3. The molecule has 0 aromatic carbocycles. The Hall–Kier alpha value is -1.68. The van der Waals surface area contributed by atoms with Crippen LogP contribution in [-0.2, 0) is 0 Å². The van der Waals surface area contributed by atoms with Gasteiger partial charge in [-0.3, -0.25) is 4.79 Å². The average Bonchev–Trinajstić information content (AvgIpc) is 2.65. The van der Waals surface area contributed by atoms with E-state index in [-0.39, 0.29) is 5.76 Å². The fourth-order valence-electron chi connectivity index (χ4n) is 0.843. The minimum atomic E-state index is -0.522. The molecule has 0 spiro atoms. The highest BCUT2D eigenvalue weighted by Gasteiger charge is 2.01. The Balaban J connectivity index is 2.66. The maximum absolute atomic E-state index is 12.7. The normalized spacial score (nSPS) is 10.9. The van der Waals surface area contributed by atoms with Gasteiger partial charge in [0.1, 0.15) is 17.3 Å². The van der Waals surface area contributed by atoms with Gasteiger partial charge in [-0.25, -0.2) is 4.39 Å². The number of halogens is 1. The first-order valence-corrected chi connectivity index (χ1v) is 4.93. The van der Waals surface area contributed by atoms with Crippen LogP contribution in [0.3, 0.4) is 0 Å². The van der Waals surface area contributed by atoms with Crippen molar-refractivity contribution in [1.82, 2.24) is 0 Å². The molecule has 0 fully saturated rings. The molecule has 15 heavy (non-hydrogen) atoms. The van der Waals surface area contributed by atoms with E-state index in [4.69, 9.17) is 4.74 Å². The molecule has 0 radical (unpaired) electrons. The van der Waals surface area contributed by atoms with Gasteiger partial charge in [0, 0.05) is 17.5 Å². The molecule has 0 unspecified atom stereocenters. The zero-order valence-corrected chi connectivity index (χ0v) is 8.72. The van der Waals surface area contributed by atoms with Crippen LogP contribution < -0.4 is 4.74 Å². The Bertz CT molecular complexity index is 418. The summed E-state index contributed by atoms with van der Waals surface area (Å²) in [5.41, 5.74) is 0. The molecule has 78 valence electrons. The van der Waals surface area contributed by atoms with Gasteiger partial charge in [0.15, 0.2) is 6.29 Å². The second-order valence-corrected chi connectivity index (χ2v) is 3.55. The minimum Gasteiger partial charge on any atom is -0.457 e. The molecule has 4 heteroatoms. The van der Waals surface area contributed by atoms with Crippen molar-refractivity contribution in [2.24, 2.45) is 0 Å². The van der Waals surface area contributed by atoms with Crippen molar-refractivity contribution in [3.05, 3.63) is 53.2 Å². The number of rotatable bonds is 5. The summed E-state index contributed by atoms with van der Waals surface area (Å²) in [5.74, 6) is 0.105. The number of ether oxygens (including phenoxy) is 1. The van der Waals surface area contributed by atoms with Crippen LogP contribution in [0, 0.1) is 0 Å². The van der Waals surface area contributed by atoms with Crippen LogP contribution in [0.2, 0.25) is 0 Å². The standard InChI is InChI=1S/C11H9FO2S/c1-3-9(12)4-8(2)14-10-5-11(6-13)15-7-10/h3-7H,1-2H2/b9-4+. The monoisotopic (exact) mass is 224 g/mol. The number of hydrogen-bond acceptors (Lipinski definition) is 3. The third kappa shape index (κ3) is 3.52. The van der Waals surface area contributed by atoms with Crippen molar-refractivity contribution < 1.29 is 13.9 Å². The van der Waals surface area contributed by atoms with E-state index in [1.807, 2.05) is 0 Å². The van der Waals surface area contributed by atoms with Gasteiger partial charge < -0.3 is 4.74 Å². The van der Waals surface area contributed by atoms with Gasteiger partial charge in [0.25, 0.3) is 0 Å². The Morgan fingerprint density at radius 3 is 2.87 bits per heavy atom. The molecule has 1 heterocycles. The predicted octanol–water partition coefficient (Wildman–Crippen LogP) is 3.49. The average molecular weight is 224 g/mol. The summed E-state index contributed by atoms with van der Waals surface area (Å²) in [5, 5.41) is 1.65. The van der Waals surface area contributed by atoms with E-state index >= 15 is 0 Å². The summed E-state index contributed by atoms with van der Waals surface area (Å²) in [4.78, 5) is 10.9. The van der Waals surface area contributed by atoms with Crippen LogP contribution in [0.4, 0.5) is 4.39 Å². The molecule has 0 aliphatic rings. The van der Waals surface area contributed by atoms with Gasteiger partial charge in [0.2, 0.25) is 0 Å². The summed E-state index contributed by atoms with van der Waals surface area (Å²) in [7, 11) is 0. The van der Waals surface area contributed by atoms with Crippen molar-refractivity contribution >= 4 is 17.6 Å². The molecule has 1 rings (SSSR count). The largest absolute Gasteiger partial charge is 0.457 e. The molecule has 0 saturated heterocycles. The summed E-state index contributed by atoms with van der Waals surface area (Å²) >= 11 is 1.25. The molecule has 0 aliphatic heterocycles. The lowest BCUT2D eigenvalue weighted by Gasteiger charge is -2.00. The first kappa shape index (κ1) is 11.4. The molecule has 0 amide bonds. The van der Waals surface area contributed by atoms with Crippen molar-refractivity contribution in [3.8, 4) is 5.75 Å². The molecular formula is C11H9FO2S. The van der Waals surface area contributed by atoms with E-state index < -0.39 is 5.83 Å². The van der Waals surface area contributed by atoms with Crippen molar-refractivity contribution in [3.63, 3.8) is 0 Å². The number of carbonyl (C=O) groups excluding carboxylic acids is 1. The molecule has 0 saturated carbocycles. The lowest BCUT2D eigenvalue weighted by atomic mass is 10.4. The molecule has 0 aliphatic carbocycles. The fourth-order valence-corrected chi connectivity index (χ4v) is 1.45. The Morgan fingerprint density at radius 2 is 2.33 bits per heavy atom. The van der Waals surface area contributed by atoms with Crippen LogP contribution in [0.25, 0.3) is 0 Å². The zero-order valence-electron chi connectivity index (χ0n) is 7.90. The van der Waals surface area contributed by atoms with E-state index in [1.54, 1.807) is 11.4 Å². The van der Waals surface area contributed by atoms with E-state index in [0.29, 0.717) is 10.6 Å². The molecular weight excluding hydrogens is 215 g/mol. The minimum absolute atomic E-state index is 0.155. The van der Waals surface area contributed by atoms with Crippen LogP contribution in [-0.4, -0.2) is 6.29 Å². The predicted molar refractivity (Wildman–Crippen MR) is 58.9 cm³/mol. The van der Waals surface area contributed by atoms with E-state index in [2.05, 4.69) is 13.2 Å². The molecule has 1 aromatic heterocycles. The number of carbonyl (C=O) groups is 1. The summed E-state index contributed by atoms with van der Waals surface area (Å²) in [6.45, 7) is 6.76. The number of aldehydes is 1. The summed E-state index contributed by atoms with van der Waals surface area (Å²) < 4.78 is 17.9. The maximum Gasteiger partial charge on any atom is 0.160 e. The van der Waals surface area contributed by atoms with Crippen LogP contribution in [0.1, 0.15) is 9.67 Å². The Labute approximate surface area is 91.0 Å². The molecule has 2 nitrogen and oxygen atoms in total. The van der Waals surface area contributed by atoms with Gasteiger partial charge in [-0.05, 0) is 6.08 Å². The lowest BCUT2D eigenvalue weighted by Crippen LogP contribution is -1.88. The number of thiophene rings is 1. The first-order valence-electron chi connectivity index (χ1n) is 4.06. The fraction of sp³-hybridized carbons (Fsp3) is 0. The van der Waals surface area contributed by atoms with Crippen molar-refractivity contribution in [2.45, 2.75) is 0 Å². The SMILES string of the molecule is C=C/C(F)=C\C(=C)Oc1csc(C=O)c1. The topological polar surface area (TPSA) is 26.3 Å². The zero-order chi connectivity index (χ0) is 11.3. The van der Waals surface area contributed by atoms with E-state index in [1.165, 1.54) is 11.3 Å². The quantitative estimate of drug-likeness (QED) is 0.434. The Morgan fingerprint density at radius 1 is 1.60 bits per heavy atom. The van der Waals surface area contributed by atoms with Crippen LogP contribution in [0.5, 0.6) is 5.75 Å². The van der Waals surface area contributed by atoms with Crippen molar-refractivity contribution in [2.75, 3.05) is 0 Å². The highest BCUT2D eigenvalue weighted by atomic mass is 32.1. The highest BCUT2D eigenvalue weighted by Crippen LogP contribution is 2.22. The van der Waals surface area contributed by atoms with Gasteiger partial charge >= 0.3 is 0 Å². The van der Waals surface area contributed by atoms with Crippen LogP contribution in [0.15, 0.2) is 48.3 Å². The molecule has 1 aromatic rings. The smallest absolute Gasteiger partial charge is 0.160 e. The van der Waals surface area contributed by atoms with Gasteiger partial charge in [-0.1, -0.05) is 13.2 Å². The second-order valence-electron chi connectivity index (χ2n) is 2.60. The Kier molecular flexibility index (Phi) is 4.00. The molecule has 0 atom stereocenters.